The molecule has 2 N–H and O–H groups in total. The molecule has 0 bridgehead atoms. The fourth-order valence-corrected chi connectivity index (χ4v) is 1.04. The van der Waals surface area contributed by atoms with Crippen molar-refractivity contribution in [1.29, 1.82) is 0 Å². The van der Waals surface area contributed by atoms with Gasteiger partial charge in [0.15, 0.2) is 0 Å². The molecule has 0 saturated carbocycles. The highest BCUT2D eigenvalue weighted by Crippen LogP contribution is 1.94. The lowest BCUT2D eigenvalue weighted by molar-refractivity contribution is 0.566. The highest BCUT2D eigenvalue weighted by molar-refractivity contribution is 6.64. The van der Waals surface area contributed by atoms with Crippen molar-refractivity contribution in [2.45, 2.75) is 12.5 Å². The molecule has 0 aromatic carbocycles. The molecule has 9 heavy (non-hydrogen) atoms. The van der Waals surface area contributed by atoms with Gasteiger partial charge in [-0.2, -0.15) is 0 Å². The minimum atomic E-state index is 0.492. The Bertz CT molecular complexity index is 93.0. The Kier molecular flexibility index (Phi) is 2.74. The van der Waals surface area contributed by atoms with Crippen molar-refractivity contribution < 1.29 is 4.79 Å². The highest BCUT2D eigenvalue weighted by atomic mass is 16.1. The number of carbonyl (C=O) groups excluding carboxylic acids is 1. The minimum Gasteiger partial charge on any atom is -0.349 e. The first kappa shape index (κ1) is 6.77. The summed E-state index contributed by atoms with van der Waals surface area (Å²) in [5, 5.41) is 6.30. The molecule has 0 spiro atoms. The smallest absolute Gasteiger partial charge is 0.278 e. The summed E-state index contributed by atoms with van der Waals surface area (Å²) < 4.78 is 0. The molecular formula is C5H11BN2O. The van der Waals surface area contributed by atoms with Gasteiger partial charge >= 0.3 is 0 Å². The molecule has 3 nitrogen and oxygen atoms in total. The van der Waals surface area contributed by atoms with E-state index in [0.717, 1.165) is 25.7 Å². The summed E-state index contributed by atoms with van der Waals surface area (Å²) in [6.45, 7) is 2.09. The SMILES string of the molecule is O=CBN[C@H]1CCNC1. The quantitative estimate of drug-likeness (QED) is 0.356. The van der Waals surface area contributed by atoms with E-state index in [-0.39, 0.29) is 0 Å². The lowest BCUT2D eigenvalue weighted by Gasteiger charge is -2.05. The normalized spacial score (nSPS) is 26.0. The van der Waals surface area contributed by atoms with Crippen LogP contribution in [0.25, 0.3) is 0 Å². The lowest BCUT2D eigenvalue weighted by Crippen LogP contribution is -2.34. The van der Waals surface area contributed by atoms with Crippen molar-refractivity contribution >= 4 is 13.6 Å². The van der Waals surface area contributed by atoms with E-state index in [9.17, 15) is 4.79 Å². The maximum Gasteiger partial charge on any atom is 0.278 e. The number of hydrogen-bond acceptors (Lipinski definition) is 3. The van der Waals surface area contributed by atoms with Crippen molar-refractivity contribution in [1.82, 2.24) is 10.5 Å². The van der Waals surface area contributed by atoms with Gasteiger partial charge < -0.3 is 15.3 Å². The van der Waals surface area contributed by atoms with Crippen LogP contribution in [0, 0.1) is 0 Å². The van der Waals surface area contributed by atoms with Gasteiger partial charge in [-0.05, 0) is 13.0 Å². The molecule has 4 heteroatoms. The van der Waals surface area contributed by atoms with Gasteiger partial charge in [0.2, 0.25) is 0 Å². The van der Waals surface area contributed by atoms with E-state index >= 15 is 0 Å². The Hall–Kier alpha value is -0.345. The Morgan fingerprint density at radius 3 is 3.22 bits per heavy atom. The largest absolute Gasteiger partial charge is 0.349 e. The second-order valence-electron chi connectivity index (χ2n) is 2.26. The fourth-order valence-electron chi connectivity index (χ4n) is 1.04. The molecule has 50 valence electrons. The summed E-state index contributed by atoms with van der Waals surface area (Å²) in [6, 6.07) is 0.523. The predicted molar refractivity (Wildman–Crippen MR) is 38.3 cm³/mol. The monoisotopic (exact) mass is 126 g/mol. The molecule has 0 aliphatic carbocycles. The lowest BCUT2D eigenvalue weighted by atomic mass is 9.96. The molecule has 1 atom stereocenters. The zero-order chi connectivity index (χ0) is 6.53. The van der Waals surface area contributed by atoms with Gasteiger partial charge in [-0.25, -0.2) is 0 Å². The number of hydrogen-bond donors (Lipinski definition) is 2. The highest BCUT2D eigenvalue weighted by Gasteiger charge is 2.12. The zero-order valence-corrected chi connectivity index (χ0v) is 5.39. The number of rotatable bonds is 3. The van der Waals surface area contributed by atoms with Crippen LogP contribution in [0.2, 0.25) is 0 Å². The Labute approximate surface area is 55.5 Å². The van der Waals surface area contributed by atoms with E-state index in [0.29, 0.717) is 13.5 Å². The molecule has 0 aromatic heterocycles. The molecule has 0 unspecified atom stereocenters. The van der Waals surface area contributed by atoms with Gasteiger partial charge in [0, 0.05) is 12.6 Å². The third kappa shape index (κ3) is 2.16. The summed E-state index contributed by atoms with van der Waals surface area (Å²) in [5.74, 6) is 0. The van der Waals surface area contributed by atoms with E-state index in [1.165, 1.54) is 0 Å². The van der Waals surface area contributed by atoms with Gasteiger partial charge in [0.25, 0.3) is 7.41 Å². The number of carbonyl (C=O) groups is 1. The van der Waals surface area contributed by atoms with E-state index in [2.05, 4.69) is 10.5 Å². The van der Waals surface area contributed by atoms with Crippen LogP contribution < -0.4 is 10.5 Å². The molecule has 1 aliphatic heterocycles. The van der Waals surface area contributed by atoms with E-state index in [1.807, 2.05) is 0 Å². The second kappa shape index (κ2) is 3.64. The first-order valence-corrected chi connectivity index (χ1v) is 3.31. The molecule has 1 fully saturated rings. The third-order valence-corrected chi connectivity index (χ3v) is 1.55. The van der Waals surface area contributed by atoms with Crippen molar-refractivity contribution in [3.63, 3.8) is 0 Å². The standard InChI is InChI=1S/C5H11BN2O/c9-4-6-8-5-1-2-7-3-5/h4-8H,1-3H2/t5-/m0/s1. The zero-order valence-electron chi connectivity index (χ0n) is 5.39. The van der Waals surface area contributed by atoms with Crippen LogP contribution >= 0.6 is 0 Å². The van der Waals surface area contributed by atoms with Crippen molar-refractivity contribution in [2.75, 3.05) is 13.1 Å². The molecule has 0 amide bonds. The minimum absolute atomic E-state index is 0.492. The summed E-state index contributed by atoms with van der Waals surface area (Å²) >= 11 is 0. The van der Waals surface area contributed by atoms with Crippen LogP contribution in [0.4, 0.5) is 0 Å². The van der Waals surface area contributed by atoms with Crippen LogP contribution in [0.5, 0.6) is 0 Å². The maximum absolute atomic E-state index is 9.88. The van der Waals surface area contributed by atoms with Gasteiger partial charge in [-0.3, -0.25) is 0 Å². The maximum atomic E-state index is 9.88. The number of nitrogens with one attached hydrogen (secondary N) is 2. The first-order valence-electron chi connectivity index (χ1n) is 3.31. The second-order valence-corrected chi connectivity index (χ2v) is 2.26. The first-order chi connectivity index (χ1) is 4.43. The molecule has 1 rings (SSSR count). The Morgan fingerprint density at radius 2 is 2.67 bits per heavy atom. The van der Waals surface area contributed by atoms with Crippen LogP contribution in [-0.4, -0.2) is 32.7 Å². The van der Waals surface area contributed by atoms with Crippen LogP contribution in [-0.2, 0) is 4.79 Å². The van der Waals surface area contributed by atoms with E-state index < -0.39 is 0 Å². The summed E-state index contributed by atoms with van der Waals surface area (Å²) in [6.07, 6.45) is 2.05. The van der Waals surface area contributed by atoms with Crippen molar-refractivity contribution in [3.05, 3.63) is 0 Å². The average Bonchev–Trinajstić information content (AvgIpc) is 2.34. The average molecular weight is 126 g/mol. The molecule has 1 saturated heterocycles. The van der Waals surface area contributed by atoms with Crippen LogP contribution in [0.3, 0.4) is 0 Å². The van der Waals surface area contributed by atoms with Gasteiger partial charge in [0.05, 0.1) is 6.19 Å². The molecular weight excluding hydrogens is 115 g/mol. The Balaban J connectivity index is 2.04. The third-order valence-electron chi connectivity index (χ3n) is 1.55. The summed E-state index contributed by atoms with van der Waals surface area (Å²) in [7, 11) is 0.492. The summed E-state index contributed by atoms with van der Waals surface area (Å²) in [4.78, 5) is 9.88. The van der Waals surface area contributed by atoms with Gasteiger partial charge in [0.1, 0.15) is 0 Å². The van der Waals surface area contributed by atoms with E-state index in [4.69, 9.17) is 0 Å². The predicted octanol–water partition coefficient (Wildman–Crippen LogP) is -1.52. The molecule has 1 aliphatic rings. The fraction of sp³-hybridized carbons (Fsp3) is 0.800. The van der Waals surface area contributed by atoms with Crippen LogP contribution in [0.15, 0.2) is 0 Å². The topological polar surface area (TPSA) is 41.1 Å². The van der Waals surface area contributed by atoms with Crippen LogP contribution in [0.1, 0.15) is 6.42 Å². The van der Waals surface area contributed by atoms with Crippen molar-refractivity contribution in [3.8, 4) is 0 Å². The molecule has 0 radical (unpaired) electrons. The van der Waals surface area contributed by atoms with Gasteiger partial charge in [-0.15, -0.1) is 0 Å². The molecule has 1 heterocycles. The van der Waals surface area contributed by atoms with Gasteiger partial charge in [-0.1, -0.05) is 0 Å². The Morgan fingerprint density at radius 1 is 1.78 bits per heavy atom. The summed E-state index contributed by atoms with van der Waals surface area (Å²) in [5.41, 5.74) is 0. The van der Waals surface area contributed by atoms with E-state index in [1.54, 1.807) is 0 Å². The molecule has 0 aromatic rings. The van der Waals surface area contributed by atoms with Crippen molar-refractivity contribution in [2.24, 2.45) is 0 Å².